The van der Waals surface area contributed by atoms with Gasteiger partial charge in [0.05, 0.1) is 21.2 Å². The summed E-state index contributed by atoms with van der Waals surface area (Å²) in [4.78, 5) is 30.4. The van der Waals surface area contributed by atoms with E-state index in [0.717, 1.165) is 10.7 Å². The first kappa shape index (κ1) is 18.5. The van der Waals surface area contributed by atoms with Crippen LogP contribution in [0.3, 0.4) is 0 Å². The molecule has 0 fully saturated rings. The van der Waals surface area contributed by atoms with E-state index in [1.165, 1.54) is 11.8 Å². The first-order valence-corrected chi connectivity index (χ1v) is 10.5. The maximum absolute atomic E-state index is 12.6. The summed E-state index contributed by atoms with van der Waals surface area (Å²) in [5, 5.41) is 13.8. The number of anilines is 1. The summed E-state index contributed by atoms with van der Waals surface area (Å²) in [5.74, 6) is 0.667. The van der Waals surface area contributed by atoms with Crippen LogP contribution in [0.4, 0.5) is 5.69 Å². The topological polar surface area (TPSA) is 108 Å². The molecule has 0 aliphatic heterocycles. The van der Waals surface area contributed by atoms with Gasteiger partial charge in [0, 0.05) is 12.2 Å². The second kappa shape index (κ2) is 7.64. The van der Waals surface area contributed by atoms with Crippen LogP contribution in [0.1, 0.15) is 13.8 Å². The summed E-state index contributed by atoms with van der Waals surface area (Å²) in [5.41, 5.74) is 1.69. The Morgan fingerprint density at radius 1 is 1.29 bits per heavy atom. The number of thiophene rings is 1. The van der Waals surface area contributed by atoms with Crippen molar-refractivity contribution in [2.75, 3.05) is 5.32 Å². The zero-order valence-corrected chi connectivity index (χ0v) is 16.9. The Kier molecular flexibility index (Phi) is 5.05. The van der Waals surface area contributed by atoms with Crippen molar-refractivity contribution in [2.24, 2.45) is 0 Å². The minimum absolute atomic E-state index is 0.148. The standard InChI is InChI=1S/C18H18N6O2S2/c1-3-24-15(14-5-4-8-27-14)22-23-18(24)28-10(2)16(25)19-11-6-7-12-13(9-11)21-17(26)20-12/h4-10H,3H2,1-2H3,(H,19,25)(H2,20,21,26)/t10-/m0/s1. The molecule has 1 aromatic carbocycles. The van der Waals surface area contributed by atoms with Gasteiger partial charge in [-0.2, -0.15) is 0 Å². The molecule has 3 N–H and O–H groups in total. The maximum Gasteiger partial charge on any atom is 0.323 e. The van der Waals surface area contributed by atoms with E-state index in [9.17, 15) is 9.59 Å². The third kappa shape index (κ3) is 3.60. The van der Waals surface area contributed by atoms with E-state index < -0.39 is 0 Å². The Morgan fingerprint density at radius 2 is 2.11 bits per heavy atom. The van der Waals surface area contributed by atoms with Crippen LogP contribution in [0.2, 0.25) is 0 Å². The highest BCUT2D eigenvalue weighted by Gasteiger charge is 2.21. The molecule has 1 amide bonds. The lowest BCUT2D eigenvalue weighted by Crippen LogP contribution is -2.23. The predicted molar refractivity (Wildman–Crippen MR) is 112 cm³/mol. The monoisotopic (exact) mass is 414 g/mol. The third-order valence-electron chi connectivity index (χ3n) is 4.21. The summed E-state index contributed by atoms with van der Waals surface area (Å²) in [6.07, 6.45) is 0. The SMILES string of the molecule is CCn1c(S[C@@H](C)C(=O)Nc2ccc3[nH]c(=O)[nH]c3c2)nnc1-c1cccs1. The van der Waals surface area contributed by atoms with E-state index in [1.807, 2.05) is 35.9 Å². The molecule has 10 heteroatoms. The normalized spacial score (nSPS) is 12.4. The van der Waals surface area contributed by atoms with Crippen molar-refractivity contribution < 1.29 is 4.79 Å². The number of fused-ring (bicyclic) bond motifs is 1. The number of H-pyrrole nitrogens is 2. The number of rotatable bonds is 6. The largest absolute Gasteiger partial charge is 0.325 e. The molecule has 0 aliphatic carbocycles. The van der Waals surface area contributed by atoms with Gasteiger partial charge in [-0.3, -0.25) is 4.79 Å². The molecule has 8 nitrogen and oxygen atoms in total. The summed E-state index contributed by atoms with van der Waals surface area (Å²) >= 11 is 2.97. The lowest BCUT2D eigenvalue weighted by molar-refractivity contribution is -0.115. The maximum atomic E-state index is 12.6. The van der Waals surface area contributed by atoms with E-state index >= 15 is 0 Å². The second-order valence-electron chi connectivity index (χ2n) is 6.12. The summed E-state index contributed by atoms with van der Waals surface area (Å²) in [6.45, 7) is 4.58. The Hall–Kier alpha value is -2.85. The van der Waals surface area contributed by atoms with Crippen molar-refractivity contribution in [2.45, 2.75) is 30.8 Å². The molecule has 3 aromatic heterocycles. The van der Waals surface area contributed by atoms with Gasteiger partial charge in [-0.15, -0.1) is 21.5 Å². The third-order valence-corrected chi connectivity index (χ3v) is 6.16. The van der Waals surface area contributed by atoms with Gasteiger partial charge < -0.3 is 19.9 Å². The number of amides is 1. The number of hydrogen-bond acceptors (Lipinski definition) is 6. The van der Waals surface area contributed by atoms with Crippen LogP contribution in [-0.2, 0) is 11.3 Å². The lowest BCUT2D eigenvalue weighted by atomic mass is 10.2. The fourth-order valence-electron chi connectivity index (χ4n) is 2.81. The van der Waals surface area contributed by atoms with Crippen LogP contribution < -0.4 is 11.0 Å². The molecule has 0 spiro atoms. The highest BCUT2D eigenvalue weighted by molar-refractivity contribution is 8.00. The minimum Gasteiger partial charge on any atom is -0.325 e. The van der Waals surface area contributed by atoms with Gasteiger partial charge >= 0.3 is 5.69 Å². The number of aromatic amines is 2. The van der Waals surface area contributed by atoms with Crippen LogP contribution >= 0.6 is 23.1 Å². The number of carbonyl (C=O) groups excluding carboxylic acids is 1. The van der Waals surface area contributed by atoms with Crippen LogP contribution in [0.25, 0.3) is 21.7 Å². The zero-order chi connectivity index (χ0) is 19.7. The van der Waals surface area contributed by atoms with Crippen molar-refractivity contribution >= 4 is 45.7 Å². The molecule has 0 saturated carbocycles. The molecule has 3 heterocycles. The molecule has 0 aliphatic rings. The van der Waals surface area contributed by atoms with Crippen molar-refractivity contribution in [1.29, 1.82) is 0 Å². The highest BCUT2D eigenvalue weighted by Crippen LogP contribution is 2.29. The van der Waals surface area contributed by atoms with Crippen molar-refractivity contribution in [1.82, 2.24) is 24.7 Å². The molecule has 0 bridgehead atoms. The van der Waals surface area contributed by atoms with Gasteiger partial charge in [0.25, 0.3) is 0 Å². The van der Waals surface area contributed by atoms with Crippen molar-refractivity contribution in [3.63, 3.8) is 0 Å². The van der Waals surface area contributed by atoms with E-state index in [4.69, 9.17) is 0 Å². The van der Waals surface area contributed by atoms with Gasteiger partial charge in [0.15, 0.2) is 11.0 Å². The molecule has 4 rings (SSSR count). The van der Waals surface area contributed by atoms with Crippen LogP contribution in [-0.4, -0.2) is 35.9 Å². The zero-order valence-electron chi connectivity index (χ0n) is 15.2. The molecular formula is C18H18N6O2S2. The summed E-state index contributed by atoms with van der Waals surface area (Å²) < 4.78 is 2.01. The van der Waals surface area contributed by atoms with Gasteiger partial charge in [0.1, 0.15) is 0 Å². The Balaban J connectivity index is 1.49. The van der Waals surface area contributed by atoms with Crippen molar-refractivity contribution in [3.8, 4) is 10.7 Å². The van der Waals surface area contributed by atoms with Gasteiger partial charge in [-0.25, -0.2) is 4.79 Å². The number of nitrogens with zero attached hydrogens (tertiary/aromatic N) is 3. The van der Waals surface area contributed by atoms with Crippen LogP contribution in [0, 0.1) is 0 Å². The Morgan fingerprint density at radius 3 is 2.86 bits per heavy atom. The van der Waals surface area contributed by atoms with E-state index in [-0.39, 0.29) is 16.8 Å². The molecule has 4 aromatic rings. The smallest absolute Gasteiger partial charge is 0.323 e. The number of carbonyl (C=O) groups is 1. The van der Waals surface area contributed by atoms with E-state index in [2.05, 4.69) is 25.5 Å². The first-order chi connectivity index (χ1) is 13.5. The molecule has 144 valence electrons. The van der Waals surface area contributed by atoms with Gasteiger partial charge in [-0.1, -0.05) is 17.8 Å². The molecular weight excluding hydrogens is 396 g/mol. The average Bonchev–Trinajstić information content (AvgIpc) is 3.39. The molecule has 0 unspecified atom stereocenters. The Bertz CT molecular complexity index is 1170. The first-order valence-electron chi connectivity index (χ1n) is 8.72. The summed E-state index contributed by atoms with van der Waals surface area (Å²) in [6, 6.07) is 9.22. The Labute approximate surface area is 168 Å². The number of nitrogens with one attached hydrogen (secondary N) is 3. The summed E-state index contributed by atoms with van der Waals surface area (Å²) in [7, 11) is 0. The van der Waals surface area contributed by atoms with Crippen LogP contribution in [0.15, 0.2) is 45.7 Å². The predicted octanol–water partition coefficient (Wildman–Crippen LogP) is 3.32. The molecule has 0 radical (unpaired) electrons. The molecule has 28 heavy (non-hydrogen) atoms. The average molecular weight is 415 g/mol. The number of hydrogen-bond donors (Lipinski definition) is 3. The van der Waals surface area contributed by atoms with Crippen LogP contribution in [0.5, 0.6) is 0 Å². The minimum atomic E-state index is -0.369. The number of imidazole rings is 1. The van der Waals surface area contributed by atoms with Gasteiger partial charge in [0.2, 0.25) is 5.91 Å². The molecule has 0 saturated heterocycles. The lowest BCUT2D eigenvalue weighted by Gasteiger charge is -2.12. The number of benzene rings is 1. The molecule has 1 atom stereocenters. The van der Waals surface area contributed by atoms with E-state index in [0.29, 0.717) is 28.4 Å². The fraction of sp³-hybridized carbons (Fsp3) is 0.222. The second-order valence-corrected chi connectivity index (χ2v) is 8.37. The number of aromatic nitrogens is 5. The fourth-order valence-corrected chi connectivity index (χ4v) is 4.45. The van der Waals surface area contributed by atoms with E-state index in [1.54, 1.807) is 29.5 Å². The van der Waals surface area contributed by atoms with Gasteiger partial charge in [-0.05, 0) is 43.5 Å². The van der Waals surface area contributed by atoms with Crippen molar-refractivity contribution in [3.05, 3.63) is 46.2 Å². The highest BCUT2D eigenvalue weighted by atomic mass is 32.2. The quantitative estimate of drug-likeness (QED) is 0.420. The number of thioether (sulfide) groups is 1.